The highest BCUT2D eigenvalue weighted by Gasteiger charge is 2.62. The molecule has 160 valence electrons. The number of hydrogen-bond donors (Lipinski definition) is 3. The first-order valence-electron chi connectivity index (χ1n) is 10.5. The maximum atomic E-state index is 13.4. The minimum atomic E-state index is -1.19. The van der Waals surface area contributed by atoms with Gasteiger partial charge in [0.2, 0.25) is 5.91 Å². The van der Waals surface area contributed by atoms with Gasteiger partial charge in [0.25, 0.3) is 0 Å². The fourth-order valence-electron chi connectivity index (χ4n) is 4.89. The fourth-order valence-corrected chi connectivity index (χ4v) is 4.89. The number of benzene rings is 1. The second-order valence-electron chi connectivity index (χ2n) is 9.57. The van der Waals surface area contributed by atoms with E-state index in [1.54, 1.807) is 32.9 Å². The first-order chi connectivity index (χ1) is 13.7. The van der Waals surface area contributed by atoms with E-state index in [1.807, 2.05) is 18.2 Å². The highest BCUT2D eigenvalue weighted by molar-refractivity contribution is 6.04. The summed E-state index contributed by atoms with van der Waals surface area (Å²) in [6.07, 6.45) is 2.60. The summed E-state index contributed by atoms with van der Waals surface area (Å²) >= 11 is 0. The Kier molecular flexibility index (Phi) is 6.34. The fraction of sp³-hybridized carbons (Fsp3) is 0.652. The smallest absolute Gasteiger partial charge is 0.322 e. The van der Waals surface area contributed by atoms with Crippen LogP contribution >= 0.6 is 0 Å². The number of ether oxygens (including phenoxy) is 1. The molecule has 0 aliphatic heterocycles. The van der Waals surface area contributed by atoms with Gasteiger partial charge in [-0.1, -0.05) is 36.8 Å². The minimum absolute atomic E-state index is 0.0271. The van der Waals surface area contributed by atoms with Gasteiger partial charge in [-0.25, -0.2) is 0 Å². The number of fused-ring (bicyclic) bond motifs is 2. The Hall–Kier alpha value is -1.92. The molecule has 6 heteroatoms. The molecule has 2 saturated carbocycles. The molecule has 2 aliphatic carbocycles. The van der Waals surface area contributed by atoms with Gasteiger partial charge < -0.3 is 20.3 Å². The second-order valence-corrected chi connectivity index (χ2v) is 9.57. The van der Waals surface area contributed by atoms with Crippen LogP contribution in [-0.4, -0.2) is 40.3 Å². The first kappa shape index (κ1) is 21.8. The molecule has 0 spiro atoms. The van der Waals surface area contributed by atoms with Gasteiger partial charge >= 0.3 is 5.97 Å². The topological polar surface area (TPSA) is 95.9 Å². The molecule has 3 N–H and O–H groups in total. The van der Waals surface area contributed by atoms with Crippen LogP contribution in [0, 0.1) is 17.3 Å². The number of aliphatic hydroxyl groups is 2. The van der Waals surface area contributed by atoms with Gasteiger partial charge in [0.05, 0.1) is 18.8 Å². The van der Waals surface area contributed by atoms with Gasteiger partial charge in [-0.15, -0.1) is 0 Å². The highest BCUT2D eigenvalue weighted by atomic mass is 16.6. The Morgan fingerprint density at radius 2 is 1.93 bits per heavy atom. The van der Waals surface area contributed by atoms with Crippen molar-refractivity contribution in [2.45, 2.75) is 70.6 Å². The predicted molar refractivity (Wildman–Crippen MR) is 109 cm³/mol. The van der Waals surface area contributed by atoms with Gasteiger partial charge in [-0.2, -0.15) is 0 Å². The van der Waals surface area contributed by atoms with E-state index in [-0.39, 0.29) is 24.9 Å². The molecule has 1 aromatic carbocycles. The molecule has 1 aromatic rings. The lowest BCUT2D eigenvalue weighted by Gasteiger charge is -2.37. The van der Waals surface area contributed by atoms with E-state index >= 15 is 0 Å². The monoisotopic (exact) mass is 403 g/mol. The van der Waals surface area contributed by atoms with E-state index < -0.39 is 29.1 Å². The molecular formula is C23H33NO5. The molecule has 1 amide bonds. The maximum absolute atomic E-state index is 13.4. The van der Waals surface area contributed by atoms with Crippen molar-refractivity contribution >= 4 is 11.9 Å². The summed E-state index contributed by atoms with van der Waals surface area (Å²) in [5, 5.41) is 23.1. The number of rotatable bonds is 7. The summed E-state index contributed by atoms with van der Waals surface area (Å²) in [6.45, 7) is 5.09. The van der Waals surface area contributed by atoms with Crippen LogP contribution in [0.15, 0.2) is 30.3 Å². The van der Waals surface area contributed by atoms with E-state index in [0.717, 1.165) is 24.8 Å². The SMILES string of the molecule is CC(C)(C)OC(=O)C1(C(=O)NC(CO)CC(O)c2ccccc2)CC2CCC1C2. The predicted octanol–water partition coefficient (Wildman–Crippen LogP) is 2.74. The lowest BCUT2D eigenvalue weighted by Crippen LogP contribution is -2.55. The molecule has 5 atom stereocenters. The second kappa shape index (κ2) is 8.44. The quantitative estimate of drug-likeness (QED) is 0.481. The number of hydrogen-bond acceptors (Lipinski definition) is 5. The third kappa shape index (κ3) is 4.64. The number of amides is 1. The van der Waals surface area contributed by atoms with Crippen molar-refractivity contribution in [1.82, 2.24) is 5.32 Å². The van der Waals surface area contributed by atoms with Crippen molar-refractivity contribution in [2.75, 3.05) is 6.61 Å². The summed E-state index contributed by atoms with van der Waals surface area (Å²) in [5.41, 5.74) is -1.14. The Balaban J connectivity index is 1.75. The molecule has 2 aliphatic rings. The number of carbonyl (C=O) groups excluding carboxylic acids is 2. The van der Waals surface area contributed by atoms with Crippen LogP contribution in [0.3, 0.4) is 0 Å². The van der Waals surface area contributed by atoms with Crippen molar-refractivity contribution in [3.63, 3.8) is 0 Å². The van der Waals surface area contributed by atoms with Crippen molar-refractivity contribution < 1.29 is 24.5 Å². The number of carbonyl (C=O) groups is 2. The molecule has 3 rings (SSSR count). The number of nitrogens with one attached hydrogen (secondary N) is 1. The van der Waals surface area contributed by atoms with E-state index in [1.165, 1.54) is 0 Å². The maximum Gasteiger partial charge on any atom is 0.322 e. The normalized spacial score (nSPS) is 28.0. The van der Waals surface area contributed by atoms with E-state index in [0.29, 0.717) is 12.3 Å². The van der Waals surface area contributed by atoms with Crippen LogP contribution in [0.4, 0.5) is 0 Å². The third-order valence-electron chi connectivity index (χ3n) is 6.26. The lowest BCUT2D eigenvalue weighted by atomic mass is 9.72. The first-order valence-corrected chi connectivity index (χ1v) is 10.5. The van der Waals surface area contributed by atoms with Crippen molar-refractivity contribution in [2.24, 2.45) is 17.3 Å². The largest absolute Gasteiger partial charge is 0.459 e. The average Bonchev–Trinajstić information content (AvgIpc) is 3.28. The van der Waals surface area contributed by atoms with E-state index in [4.69, 9.17) is 4.74 Å². The van der Waals surface area contributed by atoms with Crippen molar-refractivity contribution in [3.05, 3.63) is 35.9 Å². The van der Waals surface area contributed by atoms with Crippen LogP contribution in [0.1, 0.15) is 64.5 Å². The molecular weight excluding hydrogens is 370 g/mol. The van der Waals surface area contributed by atoms with Crippen LogP contribution in [0.2, 0.25) is 0 Å². The van der Waals surface area contributed by atoms with Gasteiger partial charge in [0, 0.05) is 0 Å². The zero-order valence-corrected chi connectivity index (χ0v) is 17.6. The Labute approximate surface area is 172 Å². The molecule has 5 unspecified atom stereocenters. The van der Waals surface area contributed by atoms with Gasteiger partial charge in [0.1, 0.15) is 11.0 Å². The van der Waals surface area contributed by atoms with Crippen LogP contribution < -0.4 is 5.32 Å². The van der Waals surface area contributed by atoms with Crippen molar-refractivity contribution in [3.8, 4) is 0 Å². The van der Waals surface area contributed by atoms with Crippen molar-refractivity contribution in [1.29, 1.82) is 0 Å². The molecule has 2 fully saturated rings. The summed E-state index contributed by atoms with van der Waals surface area (Å²) in [7, 11) is 0. The zero-order valence-electron chi connectivity index (χ0n) is 17.6. The summed E-state index contributed by atoms with van der Waals surface area (Å²) in [5.74, 6) is -0.505. The molecule has 0 radical (unpaired) electrons. The highest BCUT2D eigenvalue weighted by Crippen LogP contribution is 2.57. The number of esters is 1. The number of aliphatic hydroxyl groups excluding tert-OH is 2. The molecule has 6 nitrogen and oxygen atoms in total. The Bertz CT molecular complexity index is 729. The Morgan fingerprint density at radius 3 is 2.45 bits per heavy atom. The Morgan fingerprint density at radius 1 is 1.24 bits per heavy atom. The summed E-state index contributed by atoms with van der Waals surface area (Å²) in [6, 6.07) is 8.49. The molecule has 0 heterocycles. The molecule has 2 bridgehead atoms. The van der Waals surface area contributed by atoms with Crippen LogP contribution in [0.5, 0.6) is 0 Å². The third-order valence-corrected chi connectivity index (χ3v) is 6.26. The molecule has 0 aromatic heterocycles. The van der Waals surface area contributed by atoms with Gasteiger partial charge in [-0.05, 0) is 63.9 Å². The average molecular weight is 404 g/mol. The zero-order chi connectivity index (χ0) is 21.2. The van der Waals surface area contributed by atoms with Crippen LogP contribution in [0.25, 0.3) is 0 Å². The molecule has 29 heavy (non-hydrogen) atoms. The summed E-state index contributed by atoms with van der Waals surface area (Å²) in [4.78, 5) is 26.5. The standard InChI is InChI=1S/C23H33NO5/c1-22(2,3)29-21(28)23(13-15-9-10-17(23)11-15)20(27)24-18(14-25)12-19(26)16-7-5-4-6-8-16/h4-8,15,17-19,25-26H,9-14H2,1-3H3,(H,24,27). The summed E-state index contributed by atoms with van der Waals surface area (Å²) < 4.78 is 5.65. The van der Waals surface area contributed by atoms with E-state index in [9.17, 15) is 19.8 Å². The van der Waals surface area contributed by atoms with Gasteiger partial charge in [0.15, 0.2) is 0 Å². The van der Waals surface area contributed by atoms with E-state index in [2.05, 4.69) is 5.32 Å². The van der Waals surface area contributed by atoms with Gasteiger partial charge in [-0.3, -0.25) is 9.59 Å². The minimum Gasteiger partial charge on any atom is -0.459 e. The van der Waals surface area contributed by atoms with Crippen LogP contribution in [-0.2, 0) is 14.3 Å². The lowest BCUT2D eigenvalue weighted by molar-refractivity contribution is -0.175. The molecule has 0 saturated heterocycles.